The fourth-order valence-corrected chi connectivity index (χ4v) is 1.94. The highest BCUT2D eigenvalue weighted by molar-refractivity contribution is 5.81. The monoisotopic (exact) mass is 297 g/mol. The zero-order valence-electron chi connectivity index (χ0n) is 12.3. The molecule has 0 heterocycles. The molecule has 0 radical (unpaired) electrons. The molecule has 1 aromatic rings. The maximum absolute atomic E-state index is 13.3. The first-order valence-electron chi connectivity index (χ1n) is 6.56. The van der Waals surface area contributed by atoms with Crippen LogP contribution in [-0.4, -0.2) is 28.7 Å². The lowest BCUT2D eigenvalue weighted by molar-refractivity contribution is -0.157. The topological polar surface area (TPSA) is 89.6 Å². The number of carbonyl (C=O) groups excluding carboxylic acids is 1. The lowest BCUT2D eigenvalue weighted by Crippen LogP contribution is -2.39. The maximum Gasteiger partial charge on any atom is 0.315 e. The molecular weight excluding hydrogens is 277 g/mol. The van der Waals surface area contributed by atoms with E-state index in [1.807, 2.05) is 0 Å². The Morgan fingerprint density at radius 3 is 2.48 bits per heavy atom. The van der Waals surface area contributed by atoms with Crippen LogP contribution in [0.25, 0.3) is 0 Å². The van der Waals surface area contributed by atoms with Crippen molar-refractivity contribution in [3.05, 3.63) is 35.6 Å². The summed E-state index contributed by atoms with van der Waals surface area (Å²) >= 11 is 0. The molecule has 0 aliphatic rings. The molecule has 0 aliphatic heterocycles. The average molecular weight is 297 g/mol. The van der Waals surface area contributed by atoms with Gasteiger partial charge < -0.3 is 15.6 Å². The van der Waals surface area contributed by atoms with Crippen LogP contribution in [0.1, 0.15) is 38.7 Å². The zero-order valence-corrected chi connectivity index (χ0v) is 12.3. The molecule has 1 unspecified atom stereocenters. The van der Waals surface area contributed by atoms with E-state index in [0.717, 1.165) is 6.07 Å². The van der Waals surface area contributed by atoms with E-state index < -0.39 is 41.7 Å². The molecule has 1 aromatic carbocycles. The fourth-order valence-electron chi connectivity index (χ4n) is 1.94. The van der Waals surface area contributed by atoms with Crippen LogP contribution in [0.3, 0.4) is 0 Å². The third-order valence-corrected chi connectivity index (χ3v) is 2.71. The third-order valence-electron chi connectivity index (χ3n) is 2.71. The second-order valence-electron chi connectivity index (χ2n) is 5.83. The van der Waals surface area contributed by atoms with Crippen LogP contribution in [0.5, 0.6) is 0 Å². The number of halogens is 1. The predicted molar refractivity (Wildman–Crippen MR) is 75.2 cm³/mol. The van der Waals surface area contributed by atoms with Gasteiger partial charge >= 0.3 is 11.9 Å². The number of carboxylic acid groups (broad SMARTS) is 1. The lowest BCUT2D eigenvalue weighted by Gasteiger charge is -2.27. The van der Waals surface area contributed by atoms with Crippen molar-refractivity contribution in [3.8, 4) is 0 Å². The van der Waals surface area contributed by atoms with E-state index in [0.29, 0.717) is 5.56 Å². The Labute approximate surface area is 122 Å². The van der Waals surface area contributed by atoms with E-state index in [4.69, 9.17) is 15.6 Å². The first-order chi connectivity index (χ1) is 9.60. The van der Waals surface area contributed by atoms with Crippen molar-refractivity contribution < 1.29 is 23.8 Å². The highest BCUT2D eigenvalue weighted by Gasteiger charge is 2.33. The zero-order chi connectivity index (χ0) is 16.2. The summed E-state index contributed by atoms with van der Waals surface area (Å²) in [5, 5.41) is 8.84. The maximum atomic E-state index is 13.3. The molecule has 0 aliphatic carbocycles. The van der Waals surface area contributed by atoms with Gasteiger partial charge in [0.1, 0.15) is 11.4 Å². The summed E-state index contributed by atoms with van der Waals surface area (Å²) < 4.78 is 18.6. The molecule has 2 atom stereocenters. The van der Waals surface area contributed by atoms with Crippen LogP contribution in [0.4, 0.5) is 4.39 Å². The van der Waals surface area contributed by atoms with E-state index in [9.17, 15) is 14.0 Å². The Balaban J connectivity index is 3.10. The molecule has 0 aromatic heterocycles. The van der Waals surface area contributed by atoms with Crippen molar-refractivity contribution >= 4 is 11.9 Å². The molecule has 0 saturated carbocycles. The number of carboxylic acids is 1. The first-order valence-corrected chi connectivity index (χ1v) is 6.56. The number of nitrogens with two attached hydrogens (primary N) is 1. The number of aliphatic carboxylic acids is 1. The van der Waals surface area contributed by atoms with Crippen molar-refractivity contribution in [3.63, 3.8) is 0 Å². The van der Waals surface area contributed by atoms with Gasteiger partial charge in [0, 0.05) is 6.04 Å². The standard InChI is InChI=1S/C15H20FNO4/c1-15(2,3)21-14(20)13(11(17)8-12(18)19)9-5-4-6-10(16)7-9/h4-7,11,13H,8,17H2,1-3H3,(H,18,19)/t11-,13?/m0/s1. The van der Waals surface area contributed by atoms with Gasteiger partial charge in [0.2, 0.25) is 0 Å². The summed E-state index contributed by atoms with van der Waals surface area (Å²) in [6, 6.07) is 4.36. The first kappa shape index (κ1) is 17.1. The van der Waals surface area contributed by atoms with Gasteiger partial charge in [-0.05, 0) is 38.5 Å². The van der Waals surface area contributed by atoms with E-state index in [2.05, 4.69) is 0 Å². The third kappa shape index (κ3) is 5.51. The number of benzene rings is 1. The molecule has 3 N–H and O–H groups in total. The molecule has 0 bridgehead atoms. The van der Waals surface area contributed by atoms with Crippen molar-refractivity contribution in [2.24, 2.45) is 5.73 Å². The van der Waals surface area contributed by atoms with E-state index in [-0.39, 0.29) is 0 Å². The number of rotatable bonds is 5. The Hall–Kier alpha value is -1.95. The summed E-state index contributed by atoms with van der Waals surface area (Å²) in [6.07, 6.45) is -0.416. The Kier molecular flexibility index (Phi) is 5.43. The highest BCUT2D eigenvalue weighted by Crippen LogP contribution is 2.25. The number of esters is 1. The average Bonchev–Trinajstić information content (AvgIpc) is 2.25. The van der Waals surface area contributed by atoms with Crippen LogP contribution >= 0.6 is 0 Å². The Morgan fingerprint density at radius 2 is 2.00 bits per heavy atom. The largest absolute Gasteiger partial charge is 0.481 e. The van der Waals surface area contributed by atoms with Crippen molar-refractivity contribution in [1.82, 2.24) is 0 Å². The van der Waals surface area contributed by atoms with Crippen LogP contribution in [0.15, 0.2) is 24.3 Å². The van der Waals surface area contributed by atoms with Crippen molar-refractivity contribution in [2.75, 3.05) is 0 Å². The summed E-state index contributed by atoms with van der Waals surface area (Å²) in [5.74, 6) is -3.35. The number of carbonyl (C=O) groups is 2. The molecule has 0 spiro atoms. The van der Waals surface area contributed by atoms with Gasteiger partial charge in [0.25, 0.3) is 0 Å². The molecule has 116 valence electrons. The second kappa shape index (κ2) is 6.67. The summed E-state index contributed by atoms with van der Waals surface area (Å²) in [5.41, 5.74) is 5.38. The van der Waals surface area contributed by atoms with Gasteiger partial charge in [0.05, 0.1) is 12.3 Å². The van der Waals surface area contributed by atoms with E-state index in [1.165, 1.54) is 18.2 Å². The molecule has 5 nitrogen and oxygen atoms in total. The van der Waals surface area contributed by atoms with Crippen LogP contribution in [-0.2, 0) is 14.3 Å². The number of hydrogen-bond acceptors (Lipinski definition) is 4. The molecule has 21 heavy (non-hydrogen) atoms. The van der Waals surface area contributed by atoms with Crippen LogP contribution in [0.2, 0.25) is 0 Å². The summed E-state index contributed by atoms with van der Waals surface area (Å²) in [7, 11) is 0. The summed E-state index contributed by atoms with van der Waals surface area (Å²) in [6.45, 7) is 5.07. The lowest BCUT2D eigenvalue weighted by atomic mass is 9.89. The Bertz CT molecular complexity index is 525. The Morgan fingerprint density at radius 1 is 1.38 bits per heavy atom. The number of hydrogen-bond donors (Lipinski definition) is 2. The molecule has 0 amide bonds. The number of ether oxygens (including phenoxy) is 1. The minimum atomic E-state index is -1.13. The molecular formula is C15H20FNO4. The second-order valence-corrected chi connectivity index (χ2v) is 5.83. The minimum absolute atomic E-state index is 0.304. The van der Waals surface area contributed by atoms with Crippen molar-refractivity contribution in [1.29, 1.82) is 0 Å². The van der Waals surface area contributed by atoms with Crippen LogP contribution < -0.4 is 5.73 Å². The molecule has 1 rings (SSSR count). The van der Waals surface area contributed by atoms with E-state index in [1.54, 1.807) is 20.8 Å². The quantitative estimate of drug-likeness (QED) is 0.812. The SMILES string of the molecule is CC(C)(C)OC(=O)C(c1cccc(F)c1)[C@@H](N)CC(=O)O. The van der Waals surface area contributed by atoms with Gasteiger partial charge in [-0.2, -0.15) is 0 Å². The van der Waals surface area contributed by atoms with Gasteiger partial charge in [-0.25, -0.2) is 4.39 Å². The highest BCUT2D eigenvalue weighted by atomic mass is 19.1. The molecule has 0 saturated heterocycles. The fraction of sp³-hybridized carbons (Fsp3) is 0.467. The van der Waals surface area contributed by atoms with Gasteiger partial charge in [-0.3, -0.25) is 9.59 Å². The smallest absolute Gasteiger partial charge is 0.315 e. The normalized spacial score (nSPS) is 14.3. The predicted octanol–water partition coefficient (Wildman–Crippen LogP) is 2.05. The van der Waals surface area contributed by atoms with Crippen LogP contribution in [0, 0.1) is 5.82 Å². The van der Waals surface area contributed by atoms with Crippen molar-refractivity contribution in [2.45, 2.75) is 44.8 Å². The summed E-state index contributed by atoms with van der Waals surface area (Å²) in [4.78, 5) is 23.1. The minimum Gasteiger partial charge on any atom is -0.481 e. The van der Waals surface area contributed by atoms with Gasteiger partial charge in [0.15, 0.2) is 0 Å². The van der Waals surface area contributed by atoms with Gasteiger partial charge in [-0.1, -0.05) is 12.1 Å². The molecule has 6 heteroatoms. The molecule has 0 fully saturated rings. The van der Waals surface area contributed by atoms with E-state index >= 15 is 0 Å². The van der Waals surface area contributed by atoms with Gasteiger partial charge in [-0.15, -0.1) is 0 Å².